The molecule has 2 heterocycles. The van der Waals surface area contributed by atoms with Crippen LogP contribution in [0.25, 0.3) is 11.0 Å². The van der Waals surface area contributed by atoms with Gasteiger partial charge in [0.05, 0.1) is 11.6 Å². The largest absolute Gasteiger partial charge is 0.370 e. The quantitative estimate of drug-likeness (QED) is 0.621. The molecule has 8 heteroatoms. The summed E-state index contributed by atoms with van der Waals surface area (Å²) in [7, 11) is 1.73. The number of aromatic nitrogens is 4. The third-order valence-electron chi connectivity index (χ3n) is 2.61. The van der Waals surface area contributed by atoms with Crippen molar-refractivity contribution in [1.82, 2.24) is 20.2 Å². The summed E-state index contributed by atoms with van der Waals surface area (Å²) in [6.45, 7) is 3.76. The Morgan fingerprint density at radius 3 is 2.84 bits per heavy atom. The molecular formula is C11H17N7O. The maximum absolute atomic E-state index is 11.1. The van der Waals surface area contributed by atoms with Crippen molar-refractivity contribution in [2.24, 2.45) is 5.73 Å². The van der Waals surface area contributed by atoms with Crippen LogP contribution < -0.4 is 16.4 Å². The highest BCUT2D eigenvalue weighted by molar-refractivity contribution is 5.87. The number of aromatic amines is 1. The van der Waals surface area contributed by atoms with Gasteiger partial charge < -0.3 is 16.4 Å². The first kappa shape index (κ1) is 13.1. The van der Waals surface area contributed by atoms with E-state index in [1.165, 1.54) is 0 Å². The minimum absolute atomic E-state index is 0.200. The van der Waals surface area contributed by atoms with Crippen molar-refractivity contribution in [2.45, 2.75) is 25.8 Å². The third kappa shape index (κ3) is 2.90. The maximum atomic E-state index is 11.1. The molecular weight excluding hydrogens is 246 g/mol. The Hall–Kier alpha value is -2.38. The van der Waals surface area contributed by atoms with Crippen LogP contribution in [-0.4, -0.2) is 38.7 Å². The number of carbonyl (C=O) groups excluding carboxylic acids is 1. The van der Waals surface area contributed by atoms with E-state index in [0.717, 1.165) is 5.39 Å². The van der Waals surface area contributed by atoms with E-state index >= 15 is 0 Å². The second-order valence-corrected chi connectivity index (χ2v) is 4.93. The van der Waals surface area contributed by atoms with Crippen LogP contribution in [0, 0.1) is 0 Å². The summed E-state index contributed by atoms with van der Waals surface area (Å²) in [5.74, 6) is 0.701. The van der Waals surface area contributed by atoms with Gasteiger partial charge in [0.15, 0.2) is 5.65 Å². The van der Waals surface area contributed by atoms with Crippen molar-refractivity contribution in [3.63, 3.8) is 0 Å². The Morgan fingerprint density at radius 1 is 1.47 bits per heavy atom. The normalized spacial score (nSPS) is 11.5. The molecule has 1 amide bonds. The van der Waals surface area contributed by atoms with Crippen LogP contribution >= 0.6 is 0 Å². The van der Waals surface area contributed by atoms with Gasteiger partial charge in [-0.2, -0.15) is 15.1 Å². The van der Waals surface area contributed by atoms with Gasteiger partial charge in [-0.1, -0.05) is 0 Å². The highest BCUT2D eigenvalue weighted by Crippen LogP contribution is 2.24. The van der Waals surface area contributed by atoms with Crippen molar-refractivity contribution in [3.8, 4) is 0 Å². The fourth-order valence-corrected chi connectivity index (χ4v) is 1.84. The minimum atomic E-state index is -0.505. The smallest absolute Gasteiger partial charge is 0.226 e. The minimum Gasteiger partial charge on any atom is -0.370 e. The molecule has 102 valence electrons. The van der Waals surface area contributed by atoms with E-state index in [0.29, 0.717) is 17.4 Å². The molecule has 0 aromatic carbocycles. The van der Waals surface area contributed by atoms with Gasteiger partial charge in [0.2, 0.25) is 11.9 Å². The summed E-state index contributed by atoms with van der Waals surface area (Å²) in [4.78, 5) is 19.6. The molecule has 0 aliphatic carbocycles. The molecule has 2 rings (SSSR count). The number of nitrogens with zero attached hydrogens (tertiary/aromatic N) is 3. The van der Waals surface area contributed by atoms with E-state index in [2.05, 4.69) is 30.8 Å². The summed E-state index contributed by atoms with van der Waals surface area (Å²) in [6, 6.07) is 0. The van der Waals surface area contributed by atoms with Gasteiger partial charge in [0.25, 0.3) is 0 Å². The van der Waals surface area contributed by atoms with E-state index in [9.17, 15) is 4.79 Å². The average molecular weight is 263 g/mol. The topological polar surface area (TPSA) is 122 Å². The number of rotatable bonds is 5. The van der Waals surface area contributed by atoms with Crippen molar-refractivity contribution in [3.05, 3.63) is 6.20 Å². The molecule has 2 aromatic rings. The molecule has 19 heavy (non-hydrogen) atoms. The van der Waals surface area contributed by atoms with E-state index in [1.807, 2.05) is 13.8 Å². The first-order chi connectivity index (χ1) is 8.91. The van der Waals surface area contributed by atoms with Crippen molar-refractivity contribution >= 4 is 28.7 Å². The maximum Gasteiger partial charge on any atom is 0.226 e. The van der Waals surface area contributed by atoms with E-state index < -0.39 is 5.54 Å². The molecule has 2 aromatic heterocycles. The molecule has 0 spiro atoms. The lowest BCUT2D eigenvalue weighted by atomic mass is 10.0. The molecule has 0 bridgehead atoms. The number of amides is 1. The van der Waals surface area contributed by atoms with E-state index in [-0.39, 0.29) is 12.3 Å². The number of H-pyrrole nitrogens is 1. The molecule has 5 N–H and O–H groups in total. The zero-order valence-corrected chi connectivity index (χ0v) is 11.1. The Bertz CT molecular complexity index is 604. The van der Waals surface area contributed by atoms with Crippen LogP contribution in [0.15, 0.2) is 6.20 Å². The summed E-state index contributed by atoms with van der Waals surface area (Å²) in [5, 5.41) is 13.6. The second-order valence-electron chi connectivity index (χ2n) is 4.93. The van der Waals surface area contributed by atoms with Gasteiger partial charge in [-0.25, -0.2) is 0 Å². The summed E-state index contributed by atoms with van der Waals surface area (Å²) >= 11 is 0. The average Bonchev–Trinajstić information content (AvgIpc) is 2.74. The van der Waals surface area contributed by atoms with Gasteiger partial charge in [-0.05, 0) is 13.8 Å². The van der Waals surface area contributed by atoms with Gasteiger partial charge >= 0.3 is 0 Å². The zero-order valence-electron chi connectivity index (χ0n) is 11.1. The standard InChI is InChI=1S/C11H17N7O/c1-11(2,4-7(12)19)17-8-6-5-14-18-9(6)16-10(13-3)15-8/h5H,4H2,1-3H3,(H2,12,19)(H3,13,14,15,16,17,18). The number of hydrogen-bond donors (Lipinski definition) is 4. The first-order valence-electron chi connectivity index (χ1n) is 5.86. The Morgan fingerprint density at radius 2 is 2.21 bits per heavy atom. The summed E-state index contributed by atoms with van der Waals surface area (Å²) < 4.78 is 0. The van der Waals surface area contributed by atoms with Gasteiger partial charge in [-0.3, -0.25) is 9.89 Å². The van der Waals surface area contributed by atoms with Crippen LogP contribution in [0.3, 0.4) is 0 Å². The fourth-order valence-electron chi connectivity index (χ4n) is 1.84. The van der Waals surface area contributed by atoms with Crippen molar-refractivity contribution in [2.75, 3.05) is 17.7 Å². The highest BCUT2D eigenvalue weighted by Gasteiger charge is 2.22. The molecule has 0 unspecified atom stereocenters. The number of nitrogens with one attached hydrogen (secondary N) is 3. The van der Waals surface area contributed by atoms with Crippen LogP contribution in [0.1, 0.15) is 20.3 Å². The molecule has 0 saturated carbocycles. The molecule has 0 aliphatic heterocycles. The first-order valence-corrected chi connectivity index (χ1v) is 5.86. The SMILES string of the molecule is CNc1nc(NC(C)(C)CC(N)=O)c2cn[nH]c2n1. The van der Waals surface area contributed by atoms with Gasteiger partial charge in [-0.15, -0.1) is 0 Å². The monoisotopic (exact) mass is 263 g/mol. The lowest BCUT2D eigenvalue weighted by Crippen LogP contribution is -2.36. The zero-order chi connectivity index (χ0) is 14.0. The number of nitrogens with two attached hydrogens (primary N) is 1. The second kappa shape index (κ2) is 4.71. The van der Waals surface area contributed by atoms with Crippen LogP contribution in [0.2, 0.25) is 0 Å². The molecule has 0 saturated heterocycles. The fraction of sp³-hybridized carbons (Fsp3) is 0.455. The van der Waals surface area contributed by atoms with Crippen molar-refractivity contribution in [1.29, 1.82) is 0 Å². The third-order valence-corrected chi connectivity index (χ3v) is 2.61. The Kier molecular flexibility index (Phi) is 3.24. The van der Waals surface area contributed by atoms with E-state index in [4.69, 9.17) is 5.73 Å². The van der Waals surface area contributed by atoms with Crippen molar-refractivity contribution < 1.29 is 4.79 Å². The number of carbonyl (C=O) groups is 1. The Balaban J connectivity index is 2.38. The number of primary amides is 1. The number of anilines is 2. The van der Waals surface area contributed by atoms with Gasteiger partial charge in [0.1, 0.15) is 5.82 Å². The molecule has 8 nitrogen and oxygen atoms in total. The number of hydrogen-bond acceptors (Lipinski definition) is 6. The van der Waals surface area contributed by atoms with Crippen LogP contribution in [-0.2, 0) is 4.79 Å². The summed E-state index contributed by atoms with van der Waals surface area (Å²) in [5.41, 5.74) is 5.36. The lowest BCUT2D eigenvalue weighted by Gasteiger charge is -2.25. The Labute approximate surface area is 110 Å². The predicted molar refractivity (Wildman–Crippen MR) is 72.7 cm³/mol. The molecule has 0 fully saturated rings. The summed E-state index contributed by atoms with van der Waals surface area (Å²) in [6.07, 6.45) is 1.84. The molecule has 0 radical (unpaired) electrons. The van der Waals surface area contributed by atoms with E-state index in [1.54, 1.807) is 13.2 Å². The lowest BCUT2D eigenvalue weighted by molar-refractivity contribution is -0.118. The molecule has 0 atom stereocenters. The van der Waals surface area contributed by atoms with Crippen LogP contribution in [0.5, 0.6) is 0 Å². The highest BCUT2D eigenvalue weighted by atomic mass is 16.1. The molecule has 0 aliphatic rings. The predicted octanol–water partition coefficient (Wildman–Crippen LogP) is 0.460. The number of fused-ring (bicyclic) bond motifs is 1. The van der Waals surface area contributed by atoms with Gasteiger partial charge in [0, 0.05) is 19.0 Å². The van der Waals surface area contributed by atoms with Crippen LogP contribution in [0.4, 0.5) is 11.8 Å².